The molecule has 0 aliphatic carbocycles. The standard InChI is InChI=1S/C12H25S.2C4H9.Sn.H/c1-2-3-4-5-6-7-8-9-10-11-12-13;2*1-3-4-2;;/h12-13H,2-11H2,1H3;2*1,3-4H2,2H3;;. The second-order valence-electron chi connectivity index (χ2n) is 7.23. The number of rotatable bonds is 17. The van der Waals surface area contributed by atoms with Gasteiger partial charge in [-0.3, -0.25) is 0 Å². The summed E-state index contributed by atoms with van der Waals surface area (Å²) in [6.45, 7) is 6.99. The molecule has 0 fully saturated rings. The van der Waals surface area contributed by atoms with E-state index in [4.69, 9.17) is 12.6 Å². The topological polar surface area (TPSA) is 0 Å². The normalized spacial score (nSPS) is 13.0. The molecular weight excluding hydrogens is 391 g/mol. The molecule has 0 amide bonds. The Balaban J connectivity index is 3.59. The van der Waals surface area contributed by atoms with Crippen LogP contribution >= 0.6 is 12.6 Å². The molecule has 0 rings (SSSR count). The van der Waals surface area contributed by atoms with Crippen LogP contribution in [0.15, 0.2) is 0 Å². The van der Waals surface area contributed by atoms with E-state index < -0.39 is 19.8 Å². The first-order chi connectivity index (χ1) is 10.8. The van der Waals surface area contributed by atoms with Crippen molar-refractivity contribution in [3.8, 4) is 0 Å². The van der Waals surface area contributed by atoms with Crippen molar-refractivity contribution in [3.05, 3.63) is 0 Å². The molecule has 0 aromatic rings. The maximum atomic E-state index is 5.05. The van der Waals surface area contributed by atoms with Crippen molar-refractivity contribution in [2.45, 2.75) is 123 Å². The van der Waals surface area contributed by atoms with E-state index >= 15 is 0 Å². The van der Waals surface area contributed by atoms with Gasteiger partial charge in [0, 0.05) is 0 Å². The molecule has 2 heteroatoms. The molecule has 0 saturated heterocycles. The molecule has 0 spiro atoms. The Hall–Kier alpha value is 1.15. The molecule has 0 aromatic carbocycles. The molecule has 0 aliphatic heterocycles. The van der Waals surface area contributed by atoms with Gasteiger partial charge in [0.25, 0.3) is 0 Å². The van der Waals surface area contributed by atoms with Crippen LogP contribution in [0.2, 0.25) is 8.87 Å². The summed E-state index contributed by atoms with van der Waals surface area (Å²) in [7, 11) is 0. The Labute approximate surface area is 154 Å². The summed E-state index contributed by atoms with van der Waals surface area (Å²) >= 11 is 3.73. The van der Waals surface area contributed by atoms with E-state index in [1.807, 2.05) is 0 Å². The molecule has 0 aromatic heterocycles. The van der Waals surface area contributed by atoms with Crippen molar-refractivity contribution in [3.63, 3.8) is 0 Å². The zero-order valence-corrected chi connectivity index (χ0v) is 20.1. The summed E-state index contributed by atoms with van der Waals surface area (Å²) in [5, 5.41) is 0. The Morgan fingerprint density at radius 1 is 0.591 bits per heavy atom. The van der Waals surface area contributed by atoms with Crippen molar-refractivity contribution < 1.29 is 0 Å². The van der Waals surface area contributed by atoms with Gasteiger partial charge in [-0.15, -0.1) is 0 Å². The first kappa shape index (κ1) is 23.1. The molecule has 0 aliphatic rings. The zero-order chi connectivity index (χ0) is 16.5. The average Bonchev–Trinajstić information content (AvgIpc) is 2.53. The third-order valence-corrected chi connectivity index (χ3v) is 18.7. The van der Waals surface area contributed by atoms with Crippen molar-refractivity contribution in [1.82, 2.24) is 0 Å². The van der Waals surface area contributed by atoms with Crippen LogP contribution in [0.5, 0.6) is 0 Å². The molecule has 1 atom stereocenters. The van der Waals surface area contributed by atoms with Gasteiger partial charge in [0.15, 0.2) is 0 Å². The van der Waals surface area contributed by atoms with Gasteiger partial charge >= 0.3 is 155 Å². The predicted molar refractivity (Wildman–Crippen MR) is 111 cm³/mol. The summed E-state index contributed by atoms with van der Waals surface area (Å²) in [6.07, 6.45) is 20.2. The third kappa shape index (κ3) is 14.7. The van der Waals surface area contributed by atoms with Gasteiger partial charge in [0.1, 0.15) is 0 Å². The van der Waals surface area contributed by atoms with Crippen LogP contribution in [0, 0.1) is 0 Å². The molecular formula is C20H44SSn. The van der Waals surface area contributed by atoms with Crippen molar-refractivity contribution >= 4 is 32.4 Å². The Morgan fingerprint density at radius 3 is 1.45 bits per heavy atom. The van der Waals surface area contributed by atoms with E-state index in [9.17, 15) is 0 Å². The second-order valence-corrected chi connectivity index (χ2v) is 19.4. The average molecular weight is 435 g/mol. The van der Waals surface area contributed by atoms with E-state index in [0.717, 1.165) is 3.27 Å². The predicted octanol–water partition coefficient (Wildman–Crippen LogP) is 7.57. The Bertz CT molecular complexity index is 200. The van der Waals surface area contributed by atoms with E-state index in [0.29, 0.717) is 0 Å². The number of hydrogen-bond donors (Lipinski definition) is 1. The van der Waals surface area contributed by atoms with Crippen LogP contribution in [-0.2, 0) is 0 Å². The molecule has 0 nitrogen and oxygen atoms in total. The molecule has 134 valence electrons. The monoisotopic (exact) mass is 436 g/mol. The number of hydrogen-bond acceptors (Lipinski definition) is 1. The van der Waals surface area contributed by atoms with Gasteiger partial charge in [-0.1, -0.05) is 0 Å². The number of thiol groups is 1. The van der Waals surface area contributed by atoms with Gasteiger partial charge in [0.2, 0.25) is 0 Å². The van der Waals surface area contributed by atoms with Crippen molar-refractivity contribution in [1.29, 1.82) is 0 Å². The Morgan fingerprint density at radius 2 is 1.00 bits per heavy atom. The third-order valence-electron chi connectivity index (χ3n) is 5.00. The van der Waals surface area contributed by atoms with E-state index in [1.54, 1.807) is 8.87 Å². The molecule has 0 radical (unpaired) electrons. The second kappa shape index (κ2) is 18.5. The summed E-state index contributed by atoms with van der Waals surface area (Å²) in [4.78, 5) is 0. The Kier molecular flexibility index (Phi) is 19.5. The quantitative estimate of drug-likeness (QED) is 0.136. The molecule has 1 unspecified atom stereocenters. The van der Waals surface area contributed by atoms with Crippen molar-refractivity contribution in [2.75, 3.05) is 0 Å². The van der Waals surface area contributed by atoms with Crippen LogP contribution in [0.1, 0.15) is 111 Å². The fourth-order valence-corrected chi connectivity index (χ4v) is 15.9. The summed E-state index contributed by atoms with van der Waals surface area (Å²) in [5.41, 5.74) is 0. The van der Waals surface area contributed by atoms with Crippen LogP contribution in [0.4, 0.5) is 0 Å². The van der Waals surface area contributed by atoms with Gasteiger partial charge in [-0.25, -0.2) is 0 Å². The first-order valence-electron chi connectivity index (χ1n) is 10.4. The van der Waals surface area contributed by atoms with Gasteiger partial charge in [0.05, 0.1) is 0 Å². The van der Waals surface area contributed by atoms with E-state index in [-0.39, 0.29) is 0 Å². The van der Waals surface area contributed by atoms with Crippen LogP contribution < -0.4 is 0 Å². The van der Waals surface area contributed by atoms with E-state index in [2.05, 4.69) is 20.8 Å². The first-order valence-corrected chi connectivity index (χ1v) is 17.5. The van der Waals surface area contributed by atoms with Crippen LogP contribution in [-0.4, -0.2) is 23.0 Å². The van der Waals surface area contributed by atoms with E-state index in [1.165, 1.54) is 89.9 Å². The summed E-state index contributed by atoms with van der Waals surface area (Å²) in [6, 6.07) is 0. The van der Waals surface area contributed by atoms with Gasteiger partial charge < -0.3 is 0 Å². The minimum absolute atomic E-state index is 0.865. The minimum atomic E-state index is -1.32. The van der Waals surface area contributed by atoms with Gasteiger partial charge in [-0.2, -0.15) is 0 Å². The zero-order valence-electron chi connectivity index (χ0n) is 15.9. The molecule has 0 saturated carbocycles. The molecule has 22 heavy (non-hydrogen) atoms. The van der Waals surface area contributed by atoms with Crippen LogP contribution in [0.3, 0.4) is 0 Å². The van der Waals surface area contributed by atoms with Crippen molar-refractivity contribution in [2.24, 2.45) is 0 Å². The number of unbranched alkanes of at least 4 members (excludes halogenated alkanes) is 10. The van der Waals surface area contributed by atoms with Crippen LogP contribution in [0.25, 0.3) is 0 Å². The fourth-order valence-electron chi connectivity index (χ4n) is 3.36. The summed E-state index contributed by atoms with van der Waals surface area (Å²) in [5.74, 6) is 0. The fraction of sp³-hybridized carbons (Fsp3) is 1.00. The molecule has 0 bridgehead atoms. The molecule has 0 heterocycles. The van der Waals surface area contributed by atoms with Gasteiger partial charge in [-0.05, 0) is 0 Å². The SMILES string of the molecule is CCCCCCCCCCC[CH](S)[SnH]([CH2]CCC)[CH2]CCC. The molecule has 0 N–H and O–H groups in total. The maximum absolute atomic E-state index is 5.05. The summed E-state index contributed by atoms with van der Waals surface area (Å²) < 4.78 is 4.09.